The summed E-state index contributed by atoms with van der Waals surface area (Å²) in [5, 5.41) is 5.50. The second-order valence-corrected chi connectivity index (χ2v) is 8.63. The Balaban J connectivity index is 1.49. The summed E-state index contributed by atoms with van der Waals surface area (Å²) in [7, 11) is 0. The van der Waals surface area contributed by atoms with Crippen LogP contribution in [0.25, 0.3) is 0 Å². The first kappa shape index (κ1) is 23.3. The molecule has 2 heterocycles. The minimum absolute atomic E-state index is 0.150. The number of ether oxygens (including phenoxy) is 2. The van der Waals surface area contributed by atoms with Gasteiger partial charge in [-0.25, -0.2) is 4.79 Å². The third-order valence-electron chi connectivity index (χ3n) is 6.05. The van der Waals surface area contributed by atoms with Crippen molar-refractivity contribution in [1.29, 1.82) is 0 Å². The van der Waals surface area contributed by atoms with E-state index in [9.17, 15) is 19.2 Å². The second-order valence-electron chi connectivity index (χ2n) is 8.63. The summed E-state index contributed by atoms with van der Waals surface area (Å²) in [5.74, 6) is 0.0653. The molecule has 0 radical (unpaired) electrons. The van der Waals surface area contributed by atoms with Gasteiger partial charge < -0.3 is 20.1 Å². The molecule has 1 saturated heterocycles. The predicted molar refractivity (Wildman–Crippen MR) is 123 cm³/mol. The van der Waals surface area contributed by atoms with Crippen LogP contribution < -0.4 is 20.1 Å². The lowest BCUT2D eigenvalue weighted by Gasteiger charge is -2.23. The van der Waals surface area contributed by atoms with Gasteiger partial charge in [0.05, 0.1) is 25.8 Å². The Morgan fingerprint density at radius 1 is 1.09 bits per heavy atom. The highest BCUT2D eigenvalue weighted by atomic mass is 16.5. The van der Waals surface area contributed by atoms with Crippen LogP contribution in [-0.4, -0.2) is 48.3 Å². The van der Waals surface area contributed by atoms with E-state index in [1.807, 2.05) is 6.92 Å². The highest BCUT2D eigenvalue weighted by molar-refractivity contribution is 6.11. The molecule has 4 rings (SSSR count). The number of urea groups is 1. The number of hydrogen-bond acceptors (Lipinski definition) is 6. The average molecular weight is 466 g/mol. The molecular formula is C25H27N3O6. The van der Waals surface area contributed by atoms with E-state index in [0.717, 1.165) is 16.9 Å². The molecule has 0 unspecified atom stereocenters. The van der Waals surface area contributed by atoms with Crippen LogP contribution in [0.15, 0.2) is 42.5 Å². The Morgan fingerprint density at radius 3 is 2.44 bits per heavy atom. The van der Waals surface area contributed by atoms with Crippen LogP contribution in [0.5, 0.6) is 11.5 Å². The van der Waals surface area contributed by atoms with Crippen molar-refractivity contribution in [3.8, 4) is 11.5 Å². The molecule has 1 fully saturated rings. The van der Waals surface area contributed by atoms with E-state index in [1.54, 1.807) is 49.4 Å². The lowest BCUT2D eigenvalue weighted by atomic mass is 9.91. The standard InChI is InChI=1S/C25H27N3O6/c1-15(26-16(2)29)17-5-7-18(8-6-17)20(30)14-28-23(31)25(3,27-24(28)32)19-9-10-21-22(13-19)34-12-4-11-33-21/h5-10,13,15H,4,11-12,14H2,1-3H3,(H,26,29)(H,27,32)/t15-,25+/m0/s1. The maximum absolute atomic E-state index is 13.3. The maximum atomic E-state index is 13.3. The maximum Gasteiger partial charge on any atom is 0.325 e. The van der Waals surface area contributed by atoms with Gasteiger partial charge >= 0.3 is 6.03 Å². The number of Topliss-reactive ketones (excluding diaryl/α,β-unsaturated/α-hetero) is 1. The van der Waals surface area contributed by atoms with E-state index in [-0.39, 0.29) is 24.3 Å². The van der Waals surface area contributed by atoms with Crippen molar-refractivity contribution in [3.05, 3.63) is 59.2 Å². The second kappa shape index (κ2) is 9.17. The summed E-state index contributed by atoms with van der Waals surface area (Å²) >= 11 is 0. The van der Waals surface area contributed by atoms with Gasteiger partial charge in [-0.3, -0.25) is 19.3 Å². The first-order valence-corrected chi connectivity index (χ1v) is 11.1. The number of benzene rings is 2. The minimum Gasteiger partial charge on any atom is -0.490 e. The van der Waals surface area contributed by atoms with Gasteiger partial charge in [-0.15, -0.1) is 0 Å². The molecule has 0 aliphatic carbocycles. The first-order valence-electron chi connectivity index (χ1n) is 11.1. The number of nitrogens with zero attached hydrogens (tertiary/aromatic N) is 1. The number of carbonyl (C=O) groups is 4. The summed E-state index contributed by atoms with van der Waals surface area (Å²) in [4.78, 5) is 51.0. The summed E-state index contributed by atoms with van der Waals surface area (Å²) in [5.41, 5.74) is 0.410. The molecule has 2 aliphatic rings. The molecule has 2 aromatic rings. The van der Waals surface area contributed by atoms with E-state index in [2.05, 4.69) is 10.6 Å². The van der Waals surface area contributed by atoms with Gasteiger partial charge in [-0.2, -0.15) is 0 Å². The Hall–Kier alpha value is -3.88. The fraction of sp³-hybridized carbons (Fsp3) is 0.360. The molecule has 0 aromatic heterocycles. The topological polar surface area (TPSA) is 114 Å². The molecule has 178 valence electrons. The SMILES string of the molecule is CC(=O)N[C@@H](C)c1ccc(C(=O)CN2C(=O)N[C@](C)(c3ccc4c(c3)OCCCO4)C2=O)cc1. The Kier molecular flexibility index (Phi) is 6.28. The molecule has 0 spiro atoms. The predicted octanol–water partition coefficient (Wildman–Crippen LogP) is 2.69. The molecule has 9 nitrogen and oxygen atoms in total. The van der Waals surface area contributed by atoms with Gasteiger partial charge in [0, 0.05) is 18.9 Å². The van der Waals surface area contributed by atoms with E-state index < -0.39 is 17.5 Å². The molecular weight excluding hydrogens is 438 g/mol. The summed E-state index contributed by atoms with van der Waals surface area (Å²) in [6, 6.07) is 11.0. The molecule has 2 atom stereocenters. The van der Waals surface area contributed by atoms with Gasteiger partial charge in [0.25, 0.3) is 5.91 Å². The molecule has 0 saturated carbocycles. The number of fused-ring (bicyclic) bond motifs is 1. The molecule has 2 aromatic carbocycles. The fourth-order valence-electron chi connectivity index (χ4n) is 4.09. The smallest absolute Gasteiger partial charge is 0.325 e. The Labute approximate surface area is 197 Å². The van der Waals surface area contributed by atoms with Crippen LogP contribution in [0.1, 0.15) is 54.7 Å². The van der Waals surface area contributed by atoms with Crippen LogP contribution in [-0.2, 0) is 15.1 Å². The molecule has 34 heavy (non-hydrogen) atoms. The fourth-order valence-corrected chi connectivity index (χ4v) is 4.09. The zero-order chi connectivity index (χ0) is 24.5. The van der Waals surface area contributed by atoms with Crippen LogP contribution in [0.2, 0.25) is 0 Å². The quantitative estimate of drug-likeness (QED) is 0.501. The van der Waals surface area contributed by atoms with Gasteiger partial charge in [0.2, 0.25) is 5.91 Å². The number of amides is 4. The largest absolute Gasteiger partial charge is 0.490 e. The van der Waals surface area contributed by atoms with E-state index in [0.29, 0.717) is 35.8 Å². The average Bonchev–Trinajstić information content (AvgIpc) is 2.97. The van der Waals surface area contributed by atoms with Crippen molar-refractivity contribution in [2.75, 3.05) is 19.8 Å². The highest BCUT2D eigenvalue weighted by Crippen LogP contribution is 2.36. The molecule has 0 bridgehead atoms. The Bertz CT molecular complexity index is 1150. The van der Waals surface area contributed by atoms with Crippen molar-refractivity contribution in [3.63, 3.8) is 0 Å². The Morgan fingerprint density at radius 2 is 1.76 bits per heavy atom. The van der Waals surface area contributed by atoms with Crippen molar-refractivity contribution in [2.45, 2.75) is 38.8 Å². The highest BCUT2D eigenvalue weighted by Gasteiger charge is 2.49. The lowest BCUT2D eigenvalue weighted by molar-refractivity contribution is -0.130. The third-order valence-corrected chi connectivity index (χ3v) is 6.05. The third kappa shape index (κ3) is 4.46. The molecule has 4 amide bonds. The van der Waals surface area contributed by atoms with Crippen LogP contribution in [0.4, 0.5) is 4.79 Å². The zero-order valence-corrected chi connectivity index (χ0v) is 19.3. The molecule has 2 aliphatic heterocycles. The number of nitrogens with one attached hydrogen (secondary N) is 2. The normalized spacial score (nSPS) is 20.4. The lowest BCUT2D eigenvalue weighted by Crippen LogP contribution is -2.41. The summed E-state index contributed by atoms with van der Waals surface area (Å²) in [6.07, 6.45) is 0.750. The number of imide groups is 1. The van der Waals surface area contributed by atoms with Crippen molar-refractivity contribution in [2.24, 2.45) is 0 Å². The number of hydrogen-bond donors (Lipinski definition) is 2. The van der Waals surface area contributed by atoms with Crippen molar-refractivity contribution >= 4 is 23.6 Å². The van der Waals surface area contributed by atoms with Crippen LogP contribution >= 0.6 is 0 Å². The van der Waals surface area contributed by atoms with Crippen molar-refractivity contribution < 1.29 is 28.7 Å². The minimum atomic E-state index is -1.33. The van der Waals surface area contributed by atoms with Gasteiger partial charge in [-0.1, -0.05) is 30.3 Å². The number of ketones is 1. The van der Waals surface area contributed by atoms with E-state index >= 15 is 0 Å². The molecule has 2 N–H and O–H groups in total. The summed E-state index contributed by atoms with van der Waals surface area (Å²) < 4.78 is 11.4. The zero-order valence-electron chi connectivity index (χ0n) is 19.3. The van der Waals surface area contributed by atoms with E-state index in [1.165, 1.54) is 6.92 Å². The monoisotopic (exact) mass is 465 g/mol. The van der Waals surface area contributed by atoms with Gasteiger partial charge in [0.15, 0.2) is 17.3 Å². The number of carbonyl (C=O) groups excluding carboxylic acids is 4. The van der Waals surface area contributed by atoms with Crippen LogP contribution in [0.3, 0.4) is 0 Å². The molecule has 9 heteroatoms. The number of rotatable bonds is 6. The van der Waals surface area contributed by atoms with Gasteiger partial charge in [-0.05, 0) is 37.1 Å². The summed E-state index contributed by atoms with van der Waals surface area (Å²) in [6.45, 7) is 5.54. The van der Waals surface area contributed by atoms with Crippen LogP contribution in [0, 0.1) is 0 Å². The first-order chi connectivity index (χ1) is 16.2. The van der Waals surface area contributed by atoms with Gasteiger partial charge in [0.1, 0.15) is 5.54 Å². The van der Waals surface area contributed by atoms with Crippen molar-refractivity contribution in [1.82, 2.24) is 15.5 Å². The van der Waals surface area contributed by atoms with E-state index in [4.69, 9.17) is 9.47 Å².